The third kappa shape index (κ3) is 5.85. The molecule has 1 N–H and O–H groups in total. The van der Waals surface area contributed by atoms with Gasteiger partial charge in [-0.15, -0.1) is 0 Å². The van der Waals surface area contributed by atoms with E-state index in [2.05, 4.69) is 10.3 Å². The van der Waals surface area contributed by atoms with Crippen molar-refractivity contribution >= 4 is 17.7 Å². The molecular formula is C19H23N3O2. The summed E-state index contributed by atoms with van der Waals surface area (Å²) >= 11 is 0. The molecule has 0 aliphatic carbocycles. The van der Waals surface area contributed by atoms with Gasteiger partial charge in [0, 0.05) is 25.0 Å². The molecule has 0 spiro atoms. The minimum absolute atomic E-state index is 0.201. The van der Waals surface area contributed by atoms with Crippen LogP contribution in [0.5, 0.6) is 5.75 Å². The zero-order chi connectivity index (χ0) is 17.4. The Balaban J connectivity index is 2.02. The quantitative estimate of drug-likeness (QED) is 0.795. The number of carbonyl (C=O) groups is 1. The van der Waals surface area contributed by atoms with Crippen molar-refractivity contribution in [2.45, 2.75) is 6.92 Å². The Kier molecular flexibility index (Phi) is 6.51. The molecule has 1 amide bonds. The summed E-state index contributed by atoms with van der Waals surface area (Å²) in [6, 6.07) is 9.41. The fraction of sp³-hybridized carbons (Fsp3) is 0.263. The third-order valence-corrected chi connectivity index (χ3v) is 3.32. The van der Waals surface area contributed by atoms with E-state index in [1.54, 1.807) is 18.5 Å². The van der Waals surface area contributed by atoms with E-state index in [0.29, 0.717) is 18.0 Å². The summed E-state index contributed by atoms with van der Waals surface area (Å²) in [5.41, 5.74) is 2.68. The zero-order valence-corrected chi connectivity index (χ0v) is 14.3. The average molecular weight is 325 g/mol. The van der Waals surface area contributed by atoms with Crippen LogP contribution in [0.2, 0.25) is 0 Å². The van der Waals surface area contributed by atoms with Gasteiger partial charge in [0.2, 0.25) is 5.91 Å². The molecular weight excluding hydrogens is 302 g/mol. The summed E-state index contributed by atoms with van der Waals surface area (Å²) in [7, 11) is 3.98. The number of likely N-dealkylation sites (N-methyl/N-ethyl adjacent to an activating group) is 1. The van der Waals surface area contributed by atoms with Crippen LogP contribution in [0.15, 0.2) is 48.8 Å². The maximum atomic E-state index is 12.1. The van der Waals surface area contributed by atoms with E-state index in [0.717, 1.165) is 17.7 Å². The molecule has 0 saturated heterocycles. The maximum absolute atomic E-state index is 12.1. The van der Waals surface area contributed by atoms with Crippen LogP contribution >= 0.6 is 0 Å². The molecule has 1 aromatic heterocycles. The average Bonchev–Trinajstić information content (AvgIpc) is 2.56. The van der Waals surface area contributed by atoms with Crippen molar-refractivity contribution in [3.8, 4) is 5.75 Å². The number of nitrogens with one attached hydrogen (secondary N) is 1. The standard InChI is InChI=1S/C19H23N3O2/c1-15-4-6-17(18(14-15)24-13-12-22(2)3)21-19(23)7-5-16-8-10-20-11-9-16/h4-11,14H,12-13H2,1-3H3,(H,21,23). The van der Waals surface area contributed by atoms with Crippen molar-refractivity contribution in [2.24, 2.45) is 0 Å². The first-order valence-electron chi connectivity index (χ1n) is 7.82. The number of benzene rings is 1. The van der Waals surface area contributed by atoms with Crippen LogP contribution in [-0.2, 0) is 4.79 Å². The largest absolute Gasteiger partial charge is 0.490 e. The van der Waals surface area contributed by atoms with Gasteiger partial charge in [0.15, 0.2) is 0 Å². The number of aryl methyl sites for hydroxylation is 1. The summed E-state index contributed by atoms with van der Waals surface area (Å²) in [6.45, 7) is 3.36. The van der Waals surface area contributed by atoms with E-state index in [4.69, 9.17) is 4.74 Å². The van der Waals surface area contributed by atoms with Gasteiger partial charge in [-0.2, -0.15) is 0 Å². The first-order chi connectivity index (χ1) is 11.5. The van der Waals surface area contributed by atoms with Crippen LogP contribution in [0.1, 0.15) is 11.1 Å². The predicted octanol–water partition coefficient (Wildman–Crippen LogP) is 2.98. The minimum Gasteiger partial charge on any atom is -0.490 e. The highest BCUT2D eigenvalue weighted by molar-refractivity contribution is 6.02. The molecule has 2 rings (SSSR count). The SMILES string of the molecule is Cc1ccc(NC(=O)C=Cc2ccncc2)c(OCCN(C)C)c1. The van der Waals surface area contributed by atoms with Crippen LogP contribution in [0.3, 0.4) is 0 Å². The highest BCUT2D eigenvalue weighted by Crippen LogP contribution is 2.25. The highest BCUT2D eigenvalue weighted by atomic mass is 16.5. The second-order valence-electron chi connectivity index (χ2n) is 5.75. The van der Waals surface area contributed by atoms with Gasteiger partial charge in [-0.05, 0) is 62.5 Å². The Labute approximate surface area is 143 Å². The lowest BCUT2D eigenvalue weighted by Crippen LogP contribution is -2.20. The summed E-state index contributed by atoms with van der Waals surface area (Å²) in [5.74, 6) is 0.482. The van der Waals surface area contributed by atoms with Crippen molar-refractivity contribution in [3.63, 3.8) is 0 Å². The third-order valence-electron chi connectivity index (χ3n) is 3.32. The van der Waals surface area contributed by atoms with Crippen molar-refractivity contribution in [2.75, 3.05) is 32.6 Å². The predicted molar refractivity (Wildman–Crippen MR) is 97.1 cm³/mol. The molecule has 2 aromatic rings. The van der Waals surface area contributed by atoms with Crippen LogP contribution in [-0.4, -0.2) is 43.0 Å². The van der Waals surface area contributed by atoms with E-state index in [1.807, 2.05) is 56.3 Å². The van der Waals surface area contributed by atoms with E-state index in [1.165, 1.54) is 6.08 Å². The number of nitrogens with zero attached hydrogens (tertiary/aromatic N) is 2. The molecule has 0 aliphatic rings. The lowest BCUT2D eigenvalue weighted by Gasteiger charge is -2.15. The summed E-state index contributed by atoms with van der Waals surface area (Å²) in [6.07, 6.45) is 6.62. The Bertz CT molecular complexity index is 697. The van der Waals surface area contributed by atoms with Gasteiger partial charge in [-0.1, -0.05) is 6.07 Å². The number of hydrogen-bond donors (Lipinski definition) is 1. The molecule has 0 aliphatic heterocycles. The second-order valence-corrected chi connectivity index (χ2v) is 5.75. The molecule has 0 radical (unpaired) electrons. The Morgan fingerprint density at radius 2 is 2.00 bits per heavy atom. The van der Waals surface area contributed by atoms with Gasteiger partial charge >= 0.3 is 0 Å². The van der Waals surface area contributed by atoms with Crippen molar-refractivity contribution < 1.29 is 9.53 Å². The Hall–Kier alpha value is -2.66. The first kappa shape index (κ1) is 17.7. The molecule has 0 atom stereocenters. The monoisotopic (exact) mass is 325 g/mol. The number of amides is 1. The van der Waals surface area contributed by atoms with Crippen LogP contribution < -0.4 is 10.1 Å². The molecule has 1 heterocycles. The molecule has 24 heavy (non-hydrogen) atoms. The fourth-order valence-electron chi connectivity index (χ4n) is 2.01. The van der Waals surface area contributed by atoms with E-state index in [-0.39, 0.29) is 5.91 Å². The summed E-state index contributed by atoms with van der Waals surface area (Å²) in [5, 5.41) is 2.87. The summed E-state index contributed by atoms with van der Waals surface area (Å²) in [4.78, 5) is 18.1. The molecule has 5 nitrogen and oxygen atoms in total. The zero-order valence-electron chi connectivity index (χ0n) is 14.3. The normalized spacial score (nSPS) is 11.0. The maximum Gasteiger partial charge on any atom is 0.248 e. The Morgan fingerprint density at radius 1 is 1.25 bits per heavy atom. The number of pyridine rings is 1. The Morgan fingerprint density at radius 3 is 2.71 bits per heavy atom. The minimum atomic E-state index is -0.201. The number of ether oxygens (including phenoxy) is 1. The number of anilines is 1. The topological polar surface area (TPSA) is 54.5 Å². The van der Waals surface area contributed by atoms with Gasteiger partial charge in [0.25, 0.3) is 0 Å². The number of carbonyl (C=O) groups excluding carboxylic acids is 1. The fourth-order valence-corrected chi connectivity index (χ4v) is 2.01. The number of rotatable bonds is 7. The van der Waals surface area contributed by atoms with Crippen LogP contribution in [0.4, 0.5) is 5.69 Å². The van der Waals surface area contributed by atoms with Gasteiger partial charge < -0.3 is 15.0 Å². The van der Waals surface area contributed by atoms with Crippen LogP contribution in [0.25, 0.3) is 6.08 Å². The number of aromatic nitrogens is 1. The molecule has 0 unspecified atom stereocenters. The summed E-state index contributed by atoms with van der Waals surface area (Å²) < 4.78 is 5.80. The van der Waals surface area contributed by atoms with Crippen molar-refractivity contribution in [3.05, 3.63) is 59.9 Å². The van der Waals surface area contributed by atoms with Crippen LogP contribution in [0, 0.1) is 6.92 Å². The molecule has 0 fully saturated rings. The van der Waals surface area contributed by atoms with E-state index < -0.39 is 0 Å². The van der Waals surface area contributed by atoms with E-state index in [9.17, 15) is 4.79 Å². The molecule has 5 heteroatoms. The lowest BCUT2D eigenvalue weighted by atomic mass is 10.2. The van der Waals surface area contributed by atoms with E-state index >= 15 is 0 Å². The number of hydrogen-bond acceptors (Lipinski definition) is 4. The lowest BCUT2D eigenvalue weighted by molar-refractivity contribution is -0.111. The van der Waals surface area contributed by atoms with Gasteiger partial charge in [-0.25, -0.2) is 0 Å². The molecule has 126 valence electrons. The van der Waals surface area contributed by atoms with Gasteiger partial charge in [0.05, 0.1) is 5.69 Å². The molecule has 1 aromatic carbocycles. The molecule has 0 saturated carbocycles. The van der Waals surface area contributed by atoms with Crippen molar-refractivity contribution in [1.29, 1.82) is 0 Å². The smallest absolute Gasteiger partial charge is 0.248 e. The van der Waals surface area contributed by atoms with Gasteiger partial charge in [0.1, 0.15) is 12.4 Å². The van der Waals surface area contributed by atoms with Gasteiger partial charge in [-0.3, -0.25) is 9.78 Å². The molecule has 0 bridgehead atoms. The van der Waals surface area contributed by atoms with Crippen molar-refractivity contribution in [1.82, 2.24) is 9.88 Å². The second kappa shape index (κ2) is 8.84. The highest BCUT2D eigenvalue weighted by Gasteiger charge is 2.07. The first-order valence-corrected chi connectivity index (χ1v) is 7.82.